The molecule has 0 fully saturated rings. The van der Waals surface area contributed by atoms with Gasteiger partial charge in [-0.15, -0.1) is 0 Å². The SMILES string of the molecule is CCOC(=O)CSc1nc(-c2ccc([N+](=O)[O-])cc2)nc2c1c(=O)n(C)c(=O)n2C. The molecule has 0 spiro atoms. The number of ether oxygens (including phenoxy) is 1. The average Bonchev–Trinajstić information content (AvgIpc) is 2.74. The molecule has 2 heterocycles. The van der Waals surface area contributed by atoms with E-state index in [9.17, 15) is 24.5 Å². The van der Waals surface area contributed by atoms with Crippen LogP contribution in [0.5, 0.6) is 0 Å². The van der Waals surface area contributed by atoms with E-state index in [2.05, 4.69) is 9.97 Å². The van der Waals surface area contributed by atoms with Crippen molar-refractivity contribution in [3.8, 4) is 11.4 Å². The third-order valence-corrected chi connectivity index (χ3v) is 5.18. The van der Waals surface area contributed by atoms with Gasteiger partial charge in [0.15, 0.2) is 11.5 Å². The minimum atomic E-state index is -0.588. The molecule has 0 radical (unpaired) electrons. The zero-order chi connectivity index (χ0) is 22.0. The first kappa shape index (κ1) is 21.2. The van der Waals surface area contributed by atoms with E-state index < -0.39 is 22.1 Å². The molecule has 0 unspecified atom stereocenters. The molecule has 0 aliphatic rings. The number of rotatable bonds is 6. The standard InChI is InChI=1S/C18H17N5O6S/c1-4-29-12(24)9-30-16-13-15(21(2)18(26)22(3)17(13)25)19-14(20-16)10-5-7-11(8-6-10)23(27)28/h5-8H,4,9H2,1-3H3. The number of esters is 1. The van der Waals surface area contributed by atoms with Crippen LogP contribution < -0.4 is 11.2 Å². The fourth-order valence-corrected chi connectivity index (χ4v) is 3.54. The van der Waals surface area contributed by atoms with Gasteiger partial charge in [0, 0.05) is 31.8 Å². The Morgan fingerprint density at radius 1 is 1.17 bits per heavy atom. The maximum absolute atomic E-state index is 12.7. The summed E-state index contributed by atoms with van der Waals surface area (Å²) < 4.78 is 7.06. The minimum Gasteiger partial charge on any atom is -0.465 e. The summed E-state index contributed by atoms with van der Waals surface area (Å²) in [6.07, 6.45) is 0. The molecule has 1 aromatic carbocycles. The number of aromatic nitrogens is 4. The van der Waals surface area contributed by atoms with E-state index in [1.807, 2.05) is 0 Å². The van der Waals surface area contributed by atoms with Crippen LogP contribution in [0.4, 0.5) is 5.69 Å². The number of nitro groups is 1. The Balaban J connectivity index is 2.22. The molecule has 0 aliphatic heterocycles. The first-order valence-electron chi connectivity index (χ1n) is 8.75. The Morgan fingerprint density at radius 2 is 1.83 bits per heavy atom. The van der Waals surface area contributed by atoms with Crippen molar-refractivity contribution in [1.82, 2.24) is 19.1 Å². The summed E-state index contributed by atoms with van der Waals surface area (Å²) in [6, 6.07) is 5.55. The van der Waals surface area contributed by atoms with Gasteiger partial charge in [-0.05, 0) is 19.1 Å². The van der Waals surface area contributed by atoms with Gasteiger partial charge in [0.1, 0.15) is 10.4 Å². The number of aryl methyl sites for hydroxylation is 1. The maximum Gasteiger partial charge on any atom is 0.332 e. The van der Waals surface area contributed by atoms with Crippen molar-refractivity contribution in [1.29, 1.82) is 0 Å². The molecule has 0 saturated carbocycles. The molecule has 0 atom stereocenters. The molecule has 156 valence electrons. The van der Waals surface area contributed by atoms with Crippen molar-refractivity contribution in [2.75, 3.05) is 12.4 Å². The lowest BCUT2D eigenvalue weighted by molar-refractivity contribution is -0.384. The highest BCUT2D eigenvalue weighted by Gasteiger charge is 2.19. The van der Waals surface area contributed by atoms with Gasteiger partial charge in [0.25, 0.3) is 11.2 Å². The van der Waals surface area contributed by atoms with Crippen molar-refractivity contribution in [3.05, 3.63) is 55.2 Å². The molecular weight excluding hydrogens is 414 g/mol. The number of nitro benzene ring substituents is 1. The monoisotopic (exact) mass is 431 g/mol. The maximum atomic E-state index is 12.7. The number of carbonyl (C=O) groups is 1. The van der Waals surface area contributed by atoms with Crippen LogP contribution in [-0.4, -0.2) is 42.4 Å². The van der Waals surface area contributed by atoms with E-state index in [0.29, 0.717) is 5.56 Å². The number of fused-ring (bicyclic) bond motifs is 1. The molecule has 0 amide bonds. The molecule has 11 nitrogen and oxygen atoms in total. The number of thioether (sulfide) groups is 1. The summed E-state index contributed by atoms with van der Waals surface area (Å²) >= 11 is 0.990. The van der Waals surface area contributed by atoms with Gasteiger partial charge in [-0.25, -0.2) is 14.8 Å². The lowest BCUT2D eigenvalue weighted by Crippen LogP contribution is -2.37. The van der Waals surface area contributed by atoms with Crippen LogP contribution in [0.15, 0.2) is 38.9 Å². The second kappa shape index (κ2) is 8.45. The number of nitrogens with zero attached hydrogens (tertiary/aromatic N) is 5. The topological polar surface area (TPSA) is 139 Å². The first-order valence-corrected chi connectivity index (χ1v) is 9.74. The predicted molar refractivity (Wildman–Crippen MR) is 109 cm³/mol. The lowest BCUT2D eigenvalue weighted by atomic mass is 10.2. The molecule has 0 aliphatic carbocycles. The smallest absolute Gasteiger partial charge is 0.332 e. The highest BCUT2D eigenvalue weighted by molar-refractivity contribution is 8.00. The molecule has 12 heteroatoms. The third-order valence-electron chi connectivity index (χ3n) is 4.24. The first-order chi connectivity index (χ1) is 14.2. The fourth-order valence-electron chi connectivity index (χ4n) is 2.72. The van der Waals surface area contributed by atoms with Crippen molar-refractivity contribution in [2.45, 2.75) is 11.9 Å². The van der Waals surface area contributed by atoms with E-state index in [1.165, 1.54) is 42.9 Å². The highest BCUT2D eigenvalue weighted by Crippen LogP contribution is 2.27. The van der Waals surface area contributed by atoms with Crippen molar-refractivity contribution < 1.29 is 14.5 Å². The van der Waals surface area contributed by atoms with Gasteiger partial charge < -0.3 is 4.74 Å². The van der Waals surface area contributed by atoms with Gasteiger partial charge in [-0.1, -0.05) is 11.8 Å². The van der Waals surface area contributed by atoms with Gasteiger partial charge in [0.05, 0.1) is 17.3 Å². The normalized spacial score (nSPS) is 10.9. The van der Waals surface area contributed by atoms with E-state index >= 15 is 0 Å². The van der Waals surface area contributed by atoms with Crippen molar-refractivity contribution in [2.24, 2.45) is 14.1 Å². The summed E-state index contributed by atoms with van der Waals surface area (Å²) in [6.45, 7) is 1.90. The minimum absolute atomic E-state index is 0.0916. The van der Waals surface area contributed by atoms with E-state index in [-0.39, 0.29) is 39.9 Å². The van der Waals surface area contributed by atoms with Gasteiger partial charge >= 0.3 is 11.7 Å². The van der Waals surface area contributed by atoms with Gasteiger partial charge in [-0.2, -0.15) is 0 Å². The molecule has 0 bridgehead atoms. The van der Waals surface area contributed by atoms with Crippen molar-refractivity contribution in [3.63, 3.8) is 0 Å². The fraction of sp³-hybridized carbons (Fsp3) is 0.278. The lowest BCUT2D eigenvalue weighted by Gasteiger charge is -2.12. The summed E-state index contributed by atoms with van der Waals surface area (Å²) in [5, 5.41) is 11.2. The summed E-state index contributed by atoms with van der Waals surface area (Å²) in [5.74, 6) is -0.411. The van der Waals surface area contributed by atoms with Crippen LogP contribution in [0.25, 0.3) is 22.4 Å². The number of hydrogen-bond acceptors (Lipinski definition) is 9. The van der Waals surface area contributed by atoms with Crippen LogP contribution in [0.1, 0.15) is 6.92 Å². The zero-order valence-corrected chi connectivity index (χ0v) is 17.1. The quantitative estimate of drug-likeness (QED) is 0.185. The Morgan fingerprint density at radius 3 is 2.43 bits per heavy atom. The van der Waals surface area contributed by atoms with E-state index in [0.717, 1.165) is 16.3 Å². The summed E-state index contributed by atoms with van der Waals surface area (Å²) in [4.78, 5) is 56.0. The molecule has 0 saturated heterocycles. The molecule has 2 aromatic heterocycles. The van der Waals surface area contributed by atoms with E-state index in [4.69, 9.17) is 4.74 Å². The Labute approximate surface area is 173 Å². The summed E-state index contributed by atoms with van der Waals surface area (Å²) in [5.41, 5.74) is -0.707. The Bertz CT molecular complexity index is 1270. The van der Waals surface area contributed by atoms with Crippen LogP contribution in [0.3, 0.4) is 0 Å². The molecule has 30 heavy (non-hydrogen) atoms. The second-order valence-electron chi connectivity index (χ2n) is 6.15. The van der Waals surface area contributed by atoms with Crippen LogP contribution >= 0.6 is 11.8 Å². The Hall–Kier alpha value is -3.54. The van der Waals surface area contributed by atoms with Gasteiger partial charge in [0.2, 0.25) is 0 Å². The largest absolute Gasteiger partial charge is 0.465 e. The second-order valence-corrected chi connectivity index (χ2v) is 7.12. The number of hydrogen-bond donors (Lipinski definition) is 0. The van der Waals surface area contributed by atoms with Crippen LogP contribution in [0.2, 0.25) is 0 Å². The third kappa shape index (κ3) is 3.94. The zero-order valence-electron chi connectivity index (χ0n) is 16.3. The van der Waals surface area contributed by atoms with Crippen LogP contribution in [-0.2, 0) is 23.6 Å². The highest BCUT2D eigenvalue weighted by atomic mass is 32.2. The number of carbonyl (C=O) groups excluding carboxylic acids is 1. The van der Waals surface area contributed by atoms with E-state index in [1.54, 1.807) is 6.92 Å². The van der Waals surface area contributed by atoms with Crippen LogP contribution in [0, 0.1) is 10.1 Å². The Kier molecular flexibility index (Phi) is 5.96. The molecule has 0 N–H and O–H groups in total. The molecule has 3 aromatic rings. The predicted octanol–water partition coefficient (Wildman–Crippen LogP) is 1.26. The number of benzene rings is 1. The summed E-state index contributed by atoms with van der Waals surface area (Å²) in [7, 11) is 2.81. The van der Waals surface area contributed by atoms with Gasteiger partial charge in [-0.3, -0.25) is 28.8 Å². The average molecular weight is 431 g/mol. The molecular formula is C18H17N5O6S. The number of non-ortho nitro benzene ring substituents is 1. The molecule has 3 rings (SSSR count). The van der Waals surface area contributed by atoms with Crippen molar-refractivity contribution >= 4 is 34.5 Å².